The van der Waals surface area contributed by atoms with Gasteiger partial charge in [-0.2, -0.15) is 0 Å². The molecular formula is C14H15Br. The fourth-order valence-corrected chi connectivity index (χ4v) is 2.16. The minimum absolute atomic E-state index is 0.651. The van der Waals surface area contributed by atoms with E-state index in [1.807, 2.05) is 0 Å². The van der Waals surface area contributed by atoms with Crippen LogP contribution in [-0.2, 0) is 0 Å². The summed E-state index contributed by atoms with van der Waals surface area (Å²) in [6.45, 7) is 4.51. The molecule has 78 valence electrons. The van der Waals surface area contributed by atoms with Crippen molar-refractivity contribution < 1.29 is 0 Å². The van der Waals surface area contributed by atoms with Crippen LogP contribution in [0.4, 0.5) is 0 Å². The molecule has 1 unspecified atom stereocenters. The number of fused-ring (bicyclic) bond motifs is 1. The monoisotopic (exact) mass is 262 g/mol. The first-order valence-electron chi connectivity index (χ1n) is 5.40. The van der Waals surface area contributed by atoms with Crippen LogP contribution in [0.3, 0.4) is 0 Å². The Bertz CT molecular complexity index is 474. The van der Waals surface area contributed by atoms with E-state index in [9.17, 15) is 0 Å². The highest BCUT2D eigenvalue weighted by molar-refractivity contribution is 9.10. The van der Waals surface area contributed by atoms with Gasteiger partial charge in [-0.3, -0.25) is 0 Å². The fourth-order valence-electron chi connectivity index (χ4n) is 1.78. The van der Waals surface area contributed by atoms with Gasteiger partial charge in [-0.25, -0.2) is 0 Å². The molecule has 2 rings (SSSR count). The molecule has 0 N–H and O–H groups in total. The SMILES string of the molecule is CCC(C)c1ccc2cc(Br)ccc2c1. The van der Waals surface area contributed by atoms with Gasteiger partial charge in [0.2, 0.25) is 0 Å². The Balaban J connectivity index is 2.52. The lowest BCUT2D eigenvalue weighted by atomic mass is 9.96. The average Bonchev–Trinajstić information content (AvgIpc) is 2.27. The summed E-state index contributed by atoms with van der Waals surface area (Å²) < 4.78 is 1.14. The maximum absolute atomic E-state index is 3.49. The Hall–Kier alpha value is -0.820. The lowest BCUT2D eigenvalue weighted by Gasteiger charge is -2.10. The van der Waals surface area contributed by atoms with Gasteiger partial charge in [-0.05, 0) is 40.8 Å². The van der Waals surface area contributed by atoms with E-state index in [-0.39, 0.29) is 0 Å². The molecule has 0 aliphatic rings. The number of halogens is 1. The van der Waals surface area contributed by atoms with E-state index < -0.39 is 0 Å². The zero-order valence-corrected chi connectivity index (χ0v) is 10.7. The van der Waals surface area contributed by atoms with Crippen LogP contribution < -0.4 is 0 Å². The molecular weight excluding hydrogens is 248 g/mol. The first-order chi connectivity index (χ1) is 7.20. The third-order valence-electron chi connectivity index (χ3n) is 3.01. The molecule has 0 saturated carbocycles. The highest BCUT2D eigenvalue weighted by atomic mass is 79.9. The summed E-state index contributed by atoms with van der Waals surface area (Å²) in [6, 6.07) is 13.2. The van der Waals surface area contributed by atoms with E-state index in [0.29, 0.717) is 5.92 Å². The molecule has 0 heterocycles. The normalized spacial score (nSPS) is 13.0. The lowest BCUT2D eigenvalue weighted by molar-refractivity contribution is 0.735. The second-order valence-corrected chi connectivity index (χ2v) is 4.98. The van der Waals surface area contributed by atoms with Crippen molar-refractivity contribution in [3.63, 3.8) is 0 Å². The zero-order chi connectivity index (χ0) is 10.8. The quantitative estimate of drug-likeness (QED) is 0.705. The van der Waals surface area contributed by atoms with Gasteiger partial charge in [-0.15, -0.1) is 0 Å². The van der Waals surface area contributed by atoms with Gasteiger partial charge in [0, 0.05) is 4.47 Å². The molecule has 0 spiro atoms. The van der Waals surface area contributed by atoms with Crippen molar-refractivity contribution in [2.24, 2.45) is 0 Å². The maximum Gasteiger partial charge on any atom is 0.0181 e. The van der Waals surface area contributed by atoms with Crippen molar-refractivity contribution in [1.82, 2.24) is 0 Å². The average molecular weight is 263 g/mol. The standard InChI is InChI=1S/C14H15Br/c1-3-10(2)11-4-5-13-9-14(15)7-6-12(13)8-11/h4-10H,3H2,1-2H3. The van der Waals surface area contributed by atoms with Crippen LogP contribution in [0, 0.1) is 0 Å². The Morgan fingerprint density at radius 2 is 1.73 bits per heavy atom. The van der Waals surface area contributed by atoms with Crippen LogP contribution in [0.2, 0.25) is 0 Å². The minimum Gasteiger partial charge on any atom is -0.0648 e. The third-order valence-corrected chi connectivity index (χ3v) is 3.50. The fraction of sp³-hybridized carbons (Fsp3) is 0.286. The van der Waals surface area contributed by atoms with Gasteiger partial charge >= 0.3 is 0 Å². The minimum atomic E-state index is 0.651. The number of hydrogen-bond donors (Lipinski definition) is 0. The lowest BCUT2D eigenvalue weighted by Crippen LogP contribution is -1.90. The predicted molar refractivity (Wildman–Crippen MR) is 70.4 cm³/mol. The number of hydrogen-bond acceptors (Lipinski definition) is 0. The second-order valence-electron chi connectivity index (χ2n) is 4.06. The van der Waals surface area contributed by atoms with E-state index in [1.165, 1.54) is 22.8 Å². The molecule has 0 nitrogen and oxygen atoms in total. The molecule has 0 aliphatic carbocycles. The van der Waals surface area contributed by atoms with E-state index in [0.717, 1.165) is 4.47 Å². The summed E-state index contributed by atoms with van der Waals surface area (Å²) in [5.41, 5.74) is 1.44. The molecule has 1 heteroatoms. The van der Waals surface area contributed by atoms with Gasteiger partial charge in [0.15, 0.2) is 0 Å². The van der Waals surface area contributed by atoms with Crippen molar-refractivity contribution in [3.8, 4) is 0 Å². The van der Waals surface area contributed by atoms with Crippen LogP contribution in [-0.4, -0.2) is 0 Å². The molecule has 0 radical (unpaired) electrons. The van der Waals surface area contributed by atoms with E-state index in [4.69, 9.17) is 0 Å². The summed E-state index contributed by atoms with van der Waals surface area (Å²) in [7, 11) is 0. The third kappa shape index (κ3) is 2.23. The predicted octanol–water partition coefficient (Wildman–Crippen LogP) is 5.12. The first-order valence-corrected chi connectivity index (χ1v) is 6.19. The number of rotatable bonds is 2. The smallest absolute Gasteiger partial charge is 0.0181 e. The largest absolute Gasteiger partial charge is 0.0648 e. The molecule has 0 amide bonds. The second kappa shape index (κ2) is 4.36. The van der Waals surface area contributed by atoms with Crippen LogP contribution in [0.1, 0.15) is 31.7 Å². The van der Waals surface area contributed by atoms with Crippen LogP contribution in [0.5, 0.6) is 0 Å². The van der Waals surface area contributed by atoms with Crippen molar-refractivity contribution in [3.05, 3.63) is 46.4 Å². The summed E-state index contributed by atoms with van der Waals surface area (Å²) in [4.78, 5) is 0. The van der Waals surface area contributed by atoms with Gasteiger partial charge in [0.1, 0.15) is 0 Å². The molecule has 15 heavy (non-hydrogen) atoms. The maximum atomic E-state index is 3.49. The Kier molecular flexibility index (Phi) is 3.11. The summed E-state index contributed by atoms with van der Waals surface area (Å²) in [6.07, 6.45) is 1.20. The molecule has 2 aromatic carbocycles. The molecule has 0 aliphatic heterocycles. The molecule has 0 bridgehead atoms. The molecule has 0 saturated heterocycles. The van der Waals surface area contributed by atoms with Gasteiger partial charge in [0.25, 0.3) is 0 Å². The van der Waals surface area contributed by atoms with Crippen LogP contribution in [0.25, 0.3) is 10.8 Å². The van der Waals surface area contributed by atoms with Crippen molar-refractivity contribution in [2.75, 3.05) is 0 Å². The number of benzene rings is 2. The van der Waals surface area contributed by atoms with E-state index >= 15 is 0 Å². The van der Waals surface area contributed by atoms with Crippen LogP contribution in [0.15, 0.2) is 40.9 Å². The molecule has 1 atom stereocenters. The Labute approximate surface area is 99.4 Å². The van der Waals surface area contributed by atoms with Crippen molar-refractivity contribution in [1.29, 1.82) is 0 Å². The van der Waals surface area contributed by atoms with Crippen LogP contribution >= 0.6 is 15.9 Å². The van der Waals surface area contributed by atoms with Crippen molar-refractivity contribution >= 4 is 26.7 Å². The highest BCUT2D eigenvalue weighted by Crippen LogP contribution is 2.25. The van der Waals surface area contributed by atoms with Gasteiger partial charge in [0.05, 0.1) is 0 Å². The Morgan fingerprint density at radius 3 is 2.47 bits per heavy atom. The highest BCUT2D eigenvalue weighted by Gasteiger charge is 2.03. The molecule has 0 fully saturated rings. The first kappa shape index (κ1) is 10.7. The molecule has 0 aromatic heterocycles. The van der Waals surface area contributed by atoms with Gasteiger partial charge in [-0.1, -0.05) is 54.0 Å². The summed E-state index contributed by atoms with van der Waals surface area (Å²) in [5, 5.41) is 2.63. The Morgan fingerprint density at radius 1 is 1.07 bits per heavy atom. The van der Waals surface area contributed by atoms with Gasteiger partial charge < -0.3 is 0 Å². The molecule has 2 aromatic rings. The zero-order valence-electron chi connectivity index (χ0n) is 9.13. The summed E-state index contributed by atoms with van der Waals surface area (Å²) in [5.74, 6) is 0.651. The van der Waals surface area contributed by atoms with Crippen molar-refractivity contribution in [2.45, 2.75) is 26.2 Å². The summed E-state index contributed by atoms with van der Waals surface area (Å²) >= 11 is 3.49. The topological polar surface area (TPSA) is 0 Å². The van der Waals surface area contributed by atoms with E-state index in [1.54, 1.807) is 0 Å². The van der Waals surface area contributed by atoms with E-state index in [2.05, 4.69) is 66.2 Å².